The van der Waals surface area contributed by atoms with Gasteiger partial charge in [-0.25, -0.2) is 0 Å². The van der Waals surface area contributed by atoms with E-state index in [1.165, 1.54) is 5.56 Å². The number of nitrogens with two attached hydrogens (primary N) is 1. The molecule has 3 heterocycles. The van der Waals surface area contributed by atoms with Crippen LogP contribution in [0.25, 0.3) is 0 Å². The SMILES string of the molecule is N[C@H](Cc1ccncc1)CN1CCN(c2cccc3c2OCCO3)CC1. The molecule has 2 aliphatic rings. The molecule has 6 nitrogen and oxygen atoms in total. The van der Waals surface area contributed by atoms with E-state index in [4.69, 9.17) is 15.2 Å². The van der Waals surface area contributed by atoms with Crippen molar-refractivity contribution in [2.75, 3.05) is 50.8 Å². The quantitative estimate of drug-likeness (QED) is 0.879. The summed E-state index contributed by atoms with van der Waals surface area (Å²) in [6.45, 7) is 6.13. The molecule has 1 fully saturated rings. The van der Waals surface area contributed by atoms with E-state index in [1.54, 1.807) is 0 Å². The minimum atomic E-state index is 0.144. The number of benzene rings is 1. The van der Waals surface area contributed by atoms with Gasteiger partial charge in [0.2, 0.25) is 0 Å². The van der Waals surface area contributed by atoms with Crippen LogP contribution in [-0.2, 0) is 6.42 Å². The van der Waals surface area contributed by atoms with Crippen molar-refractivity contribution in [1.29, 1.82) is 0 Å². The van der Waals surface area contributed by atoms with Gasteiger partial charge in [0.15, 0.2) is 11.5 Å². The highest BCUT2D eigenvalue weighted by molar-refractivity contribution is 5.65. The molecule has 4 rings (SSSR count). The van der Waals surface area contributed by atoms with Crippen LogP contribution in [0, 0.1) is 0 Å². The summed E-state index contributed by atoms with van der Waals surface area (Å²) in [6, 6.07) is 10.4. The molecule has 0 amide bonds. The maximum Gasteiger partial charge on any atom is 0.184 e. The van der Waals surface area contributed by atoms with E-state index in [1.807, 2.05) is 36.7 Å². The maximum atomic E-state index is 6.36. The molecule has 138 valence electrons. The Morgan fingerprint density at radius 3 is 2.58 bits per heavy atom. The summed E-state index contributed by atoms with van der Waals surface area (Å²) in [5.41, 5.74) is 8.75. The number of piperazine rings is 1. The van der Waals surface area contributed by atoms with Gasteiger partial charge in [0.25, 0.3) is 0 Å². The van der Waals surface area contributed by atoms with Crippen molar-refractivity contribution in [2.24, 2.45) is 5.73 Å². The average molecular weight is 354 g/mol. The summed E-state index contributed by atoms with van der Waals surface area (Å²) in [7, 11) is 0. The van der Waals surface area contributed by atoms with Gasteiger partial charge in [0.05, 0.1) is 5.69 Å². The lowest BCUT2D eigenvalue weighted by Crippen LogP contribution is -2.50. The van der Waals surface area contributed by atoms with E-state index in [2.05, 4.69) is 20.9 Å². The molecule has 0 bridgehead atoms. The van der Waals surface area contributed by atoms with Gasteiger partial charge in [0, 0.05) is 51.2 Å². The van der Waals surface area contributed by atoms with Crippen LogP contribution in [0.4, 0.5) is 5.69 Å². The first kappa shape index (κ1) is 17.1. The van der Waals surface area contributed by atoms with Crippen molar-refractivity contribution in [1.82, 2.24) is 9.88 Å². The number of hydrogen-bond acceptors (Lipinski definition) is 6. The first-order valence-corrected chi connectivity index (χ1v) is 9.30. The van der Waals surface area contributed by atoms with Crippen LogP contribution in [0.15, 0.2) is 42.7 Å². The largest absolute Gasteiger partial charge is 0.486 e. The normalized spacial score (nSPS) is 18.6. The van der Waals surface area contributed by atoms with Crippen molar-refractivity contribution >= 4 is 5.69 Å². The van der Waals surface area contributed by atoms with E-state index >= 15 is 0 Å². The highest BCUT2D eigenvalue weighted by Crippen LogP contribution is 2.39. The predicted octanol–water partition coefficient (Wildman–Crippen LogP) is 1.54. The smallest absolute Gasteiger partial charge is 0.184 e. The zero-order valence-electron chi connectivity index (χ0n) is 15.0. The minimum Gasteiger partial charge on any atom is -0.486 e. The van der Waals surface area contributed by atoms with E-state index in [9.17, 15) is 0 Å². The number of ether oxygens (including phenoxy) is 2. The fourth-order valence-electron chi connectivity index (χ4n) is 3.70. The third-order valence-electron chi connectivity index (χ3n) is 5.00. The molecule has 0 radical (unpaired) electrons. The van der Waals surface area contributed by atoms with Crippen LogP contribution in [0.1, 0.15) is 5.56 Å². The van der Waals surface area contributed by atoms with Gasteiger partial charge in [0.1, 0.15) is 13.2 Å². The first-order valence-electron chi connectivity index (χ1n) is 9.30. The lowest BCUT2D eigenvalue weighted by molar-refractivity contribution is 0.171. The van der Waals surface area contributed by atoms with Crippen LogP contribution < -0.4 is 20.1 Å². The lowest BCUT2D eigenvalue weighted by Gasteiger charge is -2.38. The van der Waals surface area contributed by atoms with Crippen molar-refractivity contribution in [3.8, 4) is 11.5 Å². The zero-order valence-corrected chi connectivity index (χ0v) is 15.0. The Kier molecular flexibility index (Phi) is 5.22. The standard InChI is InChI=1S/C20H26N4O2/c21-17(14-16-4-6-22-7-5-16)15-23-8-10-24(11-9-23)18-2-1-3-19-20(18)26-13-12-25-19/h1-7,17H,8-15,21H2/t17-/m1/s1. The Labute approximate surface area is 154 Å². The maximum absolute atomic E-state index is 6.36. The number of para-hydroxylation sites is 1. The highest BCUT2D eigenvalue weighted by Gasteiger charge is 2.24. The molecular weight excluding hydrogens is 328 g/mol. The molecule has 2 aromatic rings. The van der Waals surface area contributed by atoms with Gasteiger partial charge < -0.3 is 20.1 Å². The molecular formula is C20H26N4O2. The summed E-state index contributed by atoms with van der Waals surface area (Å²) in [5.74, 6) is 1.75. The van der Waals surface area contributed by atoms with Gasteiger partial charge in [-0.05, 0) is 36.2 Å². The third kappa shape index (κ3) is 3.92. The molecule has 0 saturated carbocycles. The molecule has 0 aliphatic carbocycles. The summed E-state index contributed by atoms with van der Waals surface area (Å²) >= 11 is 0. The molecule has 1 aromatic heterocycles. The summed E-state index contributed by atoms with van der Waals surface area (Å²) in [4.78, 5) is 8.90. The van der Waals surface area contributed by atoms with Gasteiger partial charge in [-0.3, -0.25) is 9.88 Å². The average Bonchev–Trinajstić information content (AvgIpc) is 2.69. The van der Waals surface area contributed by atoms with Gasteiger partial charge in [-0.1, -0.05) is 6.07 Å². The number of anilines is 1. The molecule has 1 aromatic carbocycles. The second-order valence-corrected chi connectivity index (χ2v) is 6.91. The number of fused-ring (bicyclic) bond motifs is 1. The van der Waals surface area contributed by atoms with Crippen molar-refractivity contribution < 1.29 is 9.47 Å². The van der Waals surface area contributed by atoms with Crippen LogP contribution in [0.2, 0.25) is 0 Å². The fourth-order valence-corrected chi connectivity index (χ4v) is 3.70. The summed E-state index contributed by atoms with van der Waals surface area (Å²) < 4.78 is 11.6. The molecule has 2 N–H and O–H groups in total. The predicted molar refractivity (Wildman–Crippen MR) is 102 cm³/mol. The zero-order chi connectivity index (χ0) is 17.8. The topological polar surface area (TPSA) is 63.9 Å². The number of nitrogens with zero attached hydrogens (tertiary/aromatic N) is 3. The Bertz CT molecular complexity index is 717. The van der Waals surface area contributed by atoms with Gasteiger partial charge >= 0.3 is 0 Å². The monoisotopic (exact) mass is 354 g/mol. The van der Waals surface area contributed by atoms with Crippen LogP contribution in [0.3, 0.4) is 0 Å². The van der Waals surface area contributed by atoms with Crippen LogP contribution >= 0.6 is 0 Å². The highest BCUT2D eigenvalue weighted by atomic mass is 16.6. The van der Waals surface area contributed by atoms with Crippen LogP contribution in [-0.4, -0.2) is 61.9 Å². The van der Waals surface area contributed by atoms with E-state index in [-0.39, 0.29) is 6.04 Å². The minimum absolute atomic E-state index is 0.144. The Hall–Kier alpha value is -2.31. The second-order valence-electron chi connectivity index (χ2n) is 6.91. The molecule has 0 unspecified atom stereocenters. The Balaban J connectivity index is 1.32. The summed E-state index contributed by atoms with van der Waals surface area (Å²) in [5, 5.41) is 0. The first-order chi connectivity index (χ1) is 12.8. The second kappa shape index (κ2) is 7.93. The van der Waals surface area contributed by atoms with Crippen molar-refractivity contribution in [3.05, 3.63) is 48.3 Å². The van der Waals surface area contributed by atoms with Gasteiger partial charge in [-0.15, -0.1) is 0 Å². The van der Waals surface area contributed by atoms with E-state index in [0.717, 1.165) is 56.3 Å². The Morgan fingerprint density at radius 2 is 1.77 bits per heavy atom. The number of pyridine rings is 1. The molecule has 1 atom stereocenters. The molecule has 1 saturated heterocycles. The number of aromatic nitrogens is 1. The van der Waals surface area contributed by atoms with Gasteiger partial charge in [-0.2, -0.15) is 0 Å². The van der Waals surface area contributed by atoms with Crippen molar-refractivity contribution in [3.63, 3.8) is 0 Å². The van der Waals surface area contributed by atoms with E-state index < -0.39 is 0 Å². The molecule has 6 heteroatoms. The fraction of sp³-hybridized carbons (Fsp3) is 0.450. The Morgan fingerprint density at radius 1 is 1.00 bits per heavy atom. The van der Waals surface area contributed by atoms with E-state index in [0.29, 0.717) is 13.2 Å². The number of rotatable bonds is 5. The lowest BCUT2D eigenvalue weighted by atomic mass is 10.1. The third-order valence-corrected chi connectivity index (χ3v) is 5.00. The molecule has 2 aliphatic heterocycles. The molecule has 0 spiro atoms. The number of hydrogen-bond donors (Lipinski definition) is 1. The van der Waals surface area contributed by atoms with Crippen LogP contribution in [0.5, 0.6) is 11.5 Å². The molecule has 26 heavy (non-hydrogen) atoms. The summed E-state index contributed by atoms with van der Waals surface area (Å²) in [6.07, 6.45) is 4.54. The van der Waals surface area contributed by atoms with Crippen molar-refractivity contribution in [2.45, 2.75) is 12.5 Å².